The summed E-state index contributed by atoms with van der Waals surface area (Å²) in [6.45, 7) is 2.20. The van der Waals surface area contributed by atoms with E-state index in [9.17, 15) is 0 Å². The molecule has 0 amide bonds. The third-order valence-corrected chi connectivity index (χ3v) is 4.38. The molecule has 2 aliphatic heterocycles. The van der Waals surface area contributed by atoms with Crippen molar-refractivity contribution in [2.45, 2.75) is 30.9 Å². The Hall–Kier alpha value is -0.610. The third kappa shape index (κ3) is 2.09. The average molecular weight is 235 g/mol. The molecule has 0 spiro atoms. The van der Waals surface area contributed by atoms with Crippen LogP contribution >= 0.6 is 11.8 Å². The van der Waals surface area contributed by atoms with Crippen molar-refractivity contribution in [3.63, 3.8) is 0 Å². The highest BCUT2D eigenvalue weighted by Crippen LogP contribution is 2.25. The minimum Gasteiger partial charge on any atom is -0.316 e. The number of nitrogens with zero attached hydrogens (tertiary/aromatic N) is 2. The molecule has 1 N–H and O–H groups in total. The van der Waals surface area contributed by atoms with Crippen molar-refractivity contribution < 1.29 is 0 Å². The fourth-order valence-corrected chi connectivity index (χ4v) is 3.36. The summed E-state index contributed by atoms with van der Waals surface area (Å²) in [5, 5.41) is 3.43. The molecule has 3 heterocycles. The van der Waals surface area contributed by atoms with Crippen LogP contribution in [0.25, 0.3) is 0 Å². The summed E-state index contributed by atoms with van der Waals surface area (Å²) >= 11 is 1.99. The summed E-state index contributed by atoms with van der Waals surface area (Å²) in [5.74, 6) is 3.91. The molecule has 0 bridgehead atoms. The smallest absolute Gasteiger partial charge is 0.132 e. The van der Waals surface area contributed by atoms with Crippen molar-refractivity contribution in [3.05, 3.63) is 23.3 Å². The normalized spacial score (nSPS) is 25.1. The van der Waals surface area contributed by atoms with Crippen LogP contribution in [0.3, 0.4) is 0 Å². The summed E-state index contributed by atoms with van der Waals surface area (Å²) in [6, 6.07) is 0. The number of hydrogen-bond acceptors (Lipinski definition) is 4. The molecule has 0 aromatic carbocycles. The highest BCUT2D eigenvalue weighted by molar-refractivity contribution is 7.98. The molecule has 3 rings (SSSR count). The predicted molar refractivity (Wildman–Crippen MR) is 66.7 cm³/mol. The van der Waals surface area contributed by atoms with Crippen molar-refractivity contribution in [2.24, 2.45) is 0 Å². The Morgan fingerprint density at radius 3 is 3.31 bits per heavy atom. The van der Waals surface area contributed by atoms with Gasteiger partial charge in [0.15, 0.2) is 0 Å². The lowest BCUT2D eigenvalue weighted by molar-refractivity contribution is 0.445. The van der Waals surface area contributed by atoms with Gasteiger partial charge in [0.05, 0.1) is 0 Å². The molecule has 1 saturated heterocycles. The Labute approximate surface area is 100 Å². The highest BCUT2D eigenvalue weighted by atomic mass is 32.2. The van der Waals surface area contributed by atoms with Crippen molar-refractivity contribution in [2.75, 3.05) is 18.8 Å². The third-order valence-electron chi connectivity index (χ3n) is 3.38. The molecule has 1 aromatic heterocycles. The van der Waals surface area contributed by atoms with Gasteiger partial charge in [0.1, 0.15) is 5.82 Å². The number of fused-ring (bicyclic) bond motifs is 1. The van der Waals surface area contributed by atoms with Gasteiger partial charge in [-0.15, -0.1) is 0 Å². The second-order valence-corrected chi connectivity index (χ2v) is 5.65. The van der Waals surface area contributed by atoms with Gasteiger partial charge in [-0.25, -0.2) is 9.97 Å². The molecule has 86 valence electrons. The van der Waals surface area contributed by atoms with Gasteiger partial charge in [-0.2, -0.15) is 11.8 Å². The summed E-state index contributed by atoms with van der Waals surface area (Å²) in [7, 11) is 0. The van der Waals surface area contributed by atoms with Gasteiger partial charge in [0.25, 0.3) is 0 Å². The predicted octanol–water partition coefficient (Wildman–Crippen LogP) is 1.73. The second kappa shape index (κ2) is 4.72. The minimum absolute atomic E-state index is 0.536. The van der Waals surface area contributed by atoms with Crippen molar-refractivity contribution in [1.82, 2.24) is 15.3 Å². The Morgan fingerprint density at radius 2 is 2.44 bits per heavy atom. The minimum atomic E-state index is 0.536. The lowest BCUT2D eigenvalue weighted by atomic mass is 9.98. The van der Waals surface area contributed by atoms with Gasteiger partial charge in [-0.05, 0) is 31.6 Å². The molecule has 4 heteroatoms. The van der Waals surface area contributed by atoms with Crippen molar-refractivity contribution >= 4 is 11.8 Å². The lowest BCUT2D eigenvalue weighted by Crippen LogP contribution is -2.29. The number of thioether (sulfide) groups is 1. The molecule has 0 radical (unpaired) electrons. The SMILES string of the molecule is c1nc(C2CCCNC2)nc2c1CSCC2. The van der Waals surface area contributed by atoms with E-state index in [1.807, 2.05) is 11.8 Å². The number of aryl methyl sites for hydroxylation is 1. The highest BCUT2D eigenvalue weighted by Gasteiger charge is 2.20. The molecule has 1 aromatic rings. The van der Waals surface area contributed by atoms with E-state index in [-0.39, 0.29) is 0 Å². The van der Waals surface area contributed by atoms with E-state index in [0.717, 1.165) is 31.1 Å². The first kappa shape index (κ1) is 10.5. The fraction of sp³-hybridized carbons (Fsp3) is 0.667. The Balaban J connectivity index is 1.84. The molecule has 1 fully saturated rings. The summed E-state index contributed by atoms with van der Waals surface area (Å²) in [5.41, 5.74) is 2.65. The molecule has 3 nitrogen and oxygen atoms in total. The monoisotopic (exact) mass is 235 g/mol. The van der Waals surface area contributed by atoms with Crippen molar-refractivity contribution in [3.8, 4) is 0 Å². The second-order valence-electron chi connectivity index (χ2n) is 4.55. The summed E-state index contributed by atoms with van der Waals surface area (Å²) in [4.78, 5) is 9.32. The first-order valence-corrected chi connectivity index (χ1v) is 7.22. The number of hydrogen-bond donors (Lipinski definition) is 1. The molecule has 1 unspecified atom stereocenters. The molecule has 0 aliphatic carbocycles. The van der Waals surface area contributed by atoms with Gasteiger partial charge in [0, 0.05) is 35.7 Å². The molecule has 16 heavy (non-hydrogen) atoms. The number of nitrogens with one attached hydrogen (secondary N) is 1. The summed E-state index contributed by atoms with van der Waals surface area (Å²) in [6.07, 6.45) is 5.66. The van der Waals surface area contributed by atoms with Crippen LogP contribution in [0.4, 0.5) is 0 Å². The van der Waals surface area contributed by atoms with E-state index < -0.39 is 0 Å². The maximum Gasteiger partial charge on any atom is 0.132 e. The van der Waals surface area contributed by atoms with E-state index >= 15 is 0 Å². The lowest BCUT2D eigenvalue weighted by Gasteiger charge is -2.23. The number of piperidine rings is 1. The zero-order valence-corrected chi connectivity index (χ0v) is 10.2. The van der Waals surface area contributed by atoms with Crippen LogP contribution in [0, 0.1) is 0 Å². The topological polar surface area (TPSA) is 37.8 Å². The van der Waals surface area contributed by atoms with E-state index in [1.165, 1.54) is 29.9 Å². The Bertz CT molecular complexity index is 375. The van der Waals surface area contributed by atoms with Crippen LogP contribution in [0.5, 0.6) is 0 Å². The average Bonchev–Trinajstić information content (AvgIpc) is 2.39. The standard InChI is InChI=1S/C12H17N3S/c1-2-9(6-13-4-1)12-14-7-10-8-16-5-3-11(10)15-12/h7,9,13H,1-6,8H2. The molecule has 1 atom stereocenters. The molecular weight excluding hydrogens is 218 g/mol. The summed E-state index contributed by atoms with van der Waals surface area (Å²) < 4.78 is 0. The van der Waals surface area contributed by atoms with Gasteiger partial charge >= 0.3 is 0 Å². The largest absolute Gasteiger partial charge is 0.316 e. The first-order valence-electron chi connectivity index (χ1n) is 6.06. The van der Waals surface area contributed by atoms with Gasteiger partial charge in [-0.3, -0.25) is 0 Å². The van der Waals surface area contributed by atoms with Crippen LogP contribution in [0.15, 0.2) is 6.20 Å². The maximum atomic E-state index is 4.77. The van der Waals surface area contributed by atoms with E-state index in [4.69, 9.17) is 4.98 Å². The molecule has 2 aliphatic rings. The van der Waals surface area contributed by atoms with Crippen LogP contribution in [0.2, 0.25) is 0 Å². The van der Waals surface area contributed by atoms with Crippen LogP contribution in [0.1, 0.15) is 35.8 Å². The number of rotatable bonds is 1. The van der Waals surface area contributed by atoms with Crippen molar-refractivity contribution in [1.29, 1.82) is 0 Å². The van der Waals surface area contributed by atoms with E-state index in [1.54, 1.807) is 0 Å². The molecular formula is C12H17N3S. The zero-order chi connectivity index (χ0) is 10.8. The maximum absolute atomic E-state index is 4.77. The van der Waals surface area contributed by atoms with Crippen LogP contribution in [-0.4, -0.2) is 28.8 Å². The Morgan fingerprint density at radius 1 is 1.44 bits per heavy atom. The quantitative estimate of drug-likeness (QED) is 0.804. The van der Waals surface area contributed by atoms with E-state index in [2.05, 4.69) is 16.5 Å². The Kier molecular flexibility index (Phi) is 3.11. The van der Waals surface area contributed by atoms with Gasteiger partial charge in [0.2, 0.25) is 0 Å². The van der Waals surface area contributed by atoms with Gasteiger partial charge in [-0.1, -0.05) is 0 Å². The van der Waals surface area contributed by atoms with Gasteiger partial charge < -0.3 is 5.32 Å². The zero-order valence-electron chi connectivity index (χ0n) is 9.41. The van der Waals surface area contributed by atoms with Crippen LogP contribution in [-0.2, 0) is 12.2 Å². The van der Waals surface area contributed by atoms with E-state index in [0.29, 0.717) is 5.92 Å². The first-order chi connectivity index (χ1) is 7.93. The number of aromatic nitrogens is 2. The fourth-order valence-electron chi connectivity index (χ4n) is 2.41. The molecule has 0 saturated carbocycles. The van der Waals surface area contributed by atoms with Crippen LogP contribution < -0.4 is 5.32 Å².